The van der Waals surface area contributed by atoms with Gasteiger partial charge in [-0.05, 0) is 31.7 Å². The van der Waals surface area contributed by atoms with Gasteiger partial charge in [0.25, 0.3) is 5.91 Å². The molecule has 2 atom stereocenters. The minimum atomic E-state index is -0.525. The van der Waals surface area contributed by atoms with Crippen molar-refractivity contribution >= 4 is 21.8 Å². The van der Waals surface area contributed by atoms with Crippen LogP contribution in [0.5, 0.6) is 0 Å². The number of fused-ring (bicyclic) bond motifs is 2. The van der Waals surface area contributed by atoms with Crippen molar-refractivity contribution in [1.29, 1.82) is 0 Å². The first-order valence-electron chi connectivity index (χ1n) is 6.23. The Morgan fingerprint density at radius 3 is 2.67 bits per heavy atom. The highest BCUT2D eigenvalue weighted by Gasteiger charge is 2.43. The van der Waals surface area contributed by atoms with Gasteiger partial charge in [-0.2, -0.15) is 0 Å². The third-order valence-electron chi connectivity index (χ3n) is 3.91. The Morgan fingerprint density at radius 2 is 2.06 bits per heavy atom. The van der Waals surface area contributed by atoms with E-state index in [2.05, 4.69) is 20.9 Å². The zero-order valence-corrected chi connectivity index (χ0v) is 11.4. The van der Waals surface area contributed by atoms with E-state index in [-0.39, 0.29) is 23.6 Å². The molecule has 1 aromatic heterocycles. The van der Waals surface area contributed by atoms with Gasteiger partial charge >= 0.3 is 0 Å². The highest BCUT2D eigenvalue weighted by Crippen LogP contribution is 2.39. The van der Waals surface area contributed by atoms with Gasteiger partial charge < -0.3 is 4.90 Å². The lowest BCUT2D eigenvalue weighted by Crippen LogP contribution is -2.47. The van der Waals surface area contributed by atoms with Crippen LogP contribution in [0.2, 0.25) is 0 Å². The predicted molar refractivity (Wildman–Crippen MR) is 69.1 cm³/mol. The van der Waals surface area contributed by atoms with Crippen molar-refractivity contribution in [2.75, 3.05) is 0 Å². The van der Waals surface area contributed by atoms with Crippen LogP contribution in [0.15, 0.2) is 18.5 Å². The average molecular weight is 313 g/mol. The molecule has 2 aliphatic heterocycles. The van der Waals surface area contributed by atoms with E-state index >= 15 is 0 Å². The van der Waals surface area contributed by atoms with Gasteiger partial charge in [0.05, 0.1) is 11.8 Å². The molecule has 0 aliphatic carbocycles. The number of nitrogens with zero attached hydrogens (tertiary/aromatic N) is 2. The molecule has 2 unspecified atom stereocenters. The number of piperidine rings is 1. The Balaban J connectivity index is 1.88. The number of carbonyl (C=O) groups is 1. The molecule has 96 valence electrons. The zero-order chi connectivity index (χ0) is 12.7. The molecule has 2 bridgehead atoms. The summed E-state index contributed by atoms with van der Waals surface area (Å²) < 4.78 is 13.6. The number of hydrogen-bond donors (Lipinski definition) is 0. The Labute approximate surface area is 114 Å². The molecule has 5 heteroatoms. The van der Waals surface area contributed by atoms with Gasteiger partial charge in [0.1, 0.15) is 0 Å². The van der Waals surface area contributed by atoms with Crippen LogP contribution in [-0.4, -0.2) is 32.7 Å². The number of amides is 1. The smallest absolute Gasteiger partial charge is 0.257 e. The Kier molecular flexibility index (Phi) is 3.09. The standard InChI is InChI=1S/C13H14BrFN2O/c14-8-5-9-1-2-10(6-8)17(9)13(18)11-3-4-16-7-12(11)15/h3-4,7-10H,1-2,5-6H2. The molecule has 3 nitrogen and oxygen atoms in total. The fraction of sp³-hybridized carbons (Fsp3) is 0.538. The Bertz CT molecular complexity index is 468. The zero-order valence-electron chi connectivity index (χ0n) is 9.85. The monoisotopic (exact) mass is 312 g/mol. The predicted octanol–water partition coefficient (Wildman–Crippen LogP) is 2.75. The number of halogens is 2. The first-order valence-corrected chi connectivity index (χ1v) is 7.14. The summed E-state index contributed by atoms with van der Waals surface area (Å²) in [5, 5.41) is 0. The lowest BCUT2D eigenvalue weighted by atomic mass is 10.0. The molecule has 0 radical (unpaired) electrons. The second-order valence-corrected chi connectivity index (χ2v) is 6.32. The Hall–Kier alpha value is -0.970. The maximum absolute atomic E-state index is 13.6. The van der Waals surface area contributed by atoms with Crippen molar-refractivity contribution in [3.05, 3.63) is 29.8 Å². The third kappa shape index (κ3) is 1.94. The second-order valence-electron chi connectivity index (χ2n) is 5.02. The molecule has 0 N–H and O–H groups in total. The van der Waals surface area contributed by atoms with Crippen LogP contribution >= 0.6 is 15.9 Å². The van der Waals surface area contributed by atoms with E-state index in [1.165, 1.54) is 12.3 Å². The van der Waals surface area contributed by atoms with E-state index in [9.17, 15) is 9.18 Å². The third-order valence-corrected chi connectivity index (χ3v) is 4.66. The normalized spacial score (nSPS) is 30.6. The van der Waals surface area contributed by atoms with Crippen molar-refractivity contribution in [2.45, 2.75) is 42.6 Å². The second kappa shape index (κ2) is 4.61. The van der Waals surface area contributed by atoms with Crippen LogP contribution in [0, 0.1) is 5.82 Å². The lowest BCUT2D eigenvalue weighted by molar-refractivity contribution is 0.0598. The summed E-state index contributed by atoms with van der Waals surface area (Å²) in [6.45, 7) is 0. The van der Waals surface area contributed by atoms with Crippen LogP contribution in [0.3, 0.4) is 0 Å². The molecular formula is C13H14BrFN2O. The average Bonchev–Trinajstić information content (AvgIpc) is 2.61. The molecular weight excluding hydrogens is 299 g/mol. The van der Waals surface area contributed by atoms with Gasteiger partial charge in [0.2, 0.25) is 0 Å². The molecule has 1 amide bonds. The van der Waals surface area contributed by atoms with Crippen LogP contribution in [0.25, 0.3) is 0 Å². The molecule has 3 heterocycles. The maximum Gasteiger partial charge on any atom is 0.257 e. The molecule has 2 fully saturated rings. The number of aromatic nitrogens is 1. The molecule has 2 aliphatic rings. The van der Waals surface area contributed by atoms with Crippen molar-refractivity contribution in [1.82, 2.24) is 9.88 Å². The molecule has 2 saturated heterocycles. The number of alkyl halides is 1. The number of carbonyl (C=O) groups excluding carboxylic acids is 1. The SMILES string of the molecule is O=C(c1ccncc1F)N1C2CCC1CC(Br)C2. The summed E-state index contributed by atoms with van der Waals surface area (Å²) in [5.74, 6) is -0.704. The van der Waals surface area contributed by atoms with Crippen LogP contribution < -0.4 is 0 Å². The van der Waals surface area contributed by atoms with Crippen molar-refractivity contribution in [3.63, 3.8) is 0 Å². The fourth-order valence-corrected chi connectivity index (χ4v) is 3.99. The topological polar surface area (TPSA) is 33.2 Å². The minimum Gasteiger partial charge on any atom is -0.333 e. The summed E-state index contributed by atoms with van der Waals surface area (Å²) in [4.78, 5) is 18.5. The largest absolute Gasteiger partial charge is 0.333 e. The van der Waals surface area contributed by atoms with E-state index < -0.39 is 5.82 Å². The number of hydrogen-bond acceptors (Lipinski definition) is 2. The van der Waals surface area contributed by atoms with E-state index in [0.29, 0.717) is 4.83 Å². The van der Waals surface area contributed by atoms with Crippen LogP contribution in [-0.2, 0) is 0 Å². The summed E-state index contributed by atoms with van der Waals surface area (Å²) in [5.41, 5.74) is 0.148. The number of rotatable bonds is 1. The van der Waals surface area contributed by atoms with Crippen molar-refractivity contribution in [3.8, 4) is 0 Å². The summed E-state index contributed by atoms with van der Waals surface area (Å²) in [6, 6.07) is 1.98. The van der Waals surface area contributed by atoms with Gasteiger partial charge in [0.15, 0.2) is 5.82 Å². The fourth-order valence-electron chi connectivity index (χ4n) is 3.13. The lowest BCUT2D eigenvalue weighted by Gasteiger charge is -2.37. The van der Waals surface area contributed by atoms with Crippen LogP contribution in [0.4, 0.5) is 4.39 Å². The molecule has 0 aromatic carbocycles. The van der Waals surface area contributed by atoms with Crippen LogP contribution in [0.1, 0.15) is 36.0 Å². The Morgan fingerprint density at radius 1 is 1.39 bits per heavy atom. The van der Waals surface area contributed by atoms with Gasteiger partial charge in [-0.25, -0.2) is 4.39 Å². The van der Waals surface area contributed by atoms with E-state index in [1.54, 1.807) is 0 Å². The molecule has 0 spiro atoms. The van der Waals surface area contributed by atoms with E-state index in [0.717, 1.165) is 31.9 Å². The first kappa shape index (κ1) is 12.1. The molecule has 3 rings (SSSR count). The summed E-state index contributed by atoms with van der Waals surface area (Å²) >= 11 is 3.63. The quantitative estimate of drug-likeness (QED) is 0.747. The van der Waals surface area contributed by atoms with Gasteiger partial charge in [0, 0.05) is 23.1 Å². The van der Waals surface area contributed by atoms with Crippen molar-refractivity contribution < 1.29 is 9.18 Å². The first-order chi connectivity index (χ1) is 8.66. The molecule has 1 aromatic rings. The summed E-state index contributed by atoms with van der Waals surface area (Å²) in [6.07, 6.45) is 6.57. The van der Waals surface area contributed by atoms with Crippen molar-refractivity contribution in [2.24, 2.45) is 0 Å². The maximum atomic E-state index is 13.6. The van der Waals surface area contributed by atoms with Gasteiger partial charge in [-0.3, -0.25) is 9.78 Å². The van der Waals surface area contributed by atoms with Gasteiger partial charge in [-0.1, -0.05) is 15.9 Å². The molecule has 0 saturated carbocycles. The highest BCUT2D eigenvalue weighted by atomic mass is 79.9. The minimum absolute atomic E-state index is 0.148. The van der Waals surface area contributed by atoms with Gasteiger partial charge in [-0.15, -0.1) is 0 Å². The summed E-state index contributed by atoms with van der Waals surface area (Å²) in [7, 11) is 0. The number of pyridine rings is 1. The van der Waals surface area contributed by atoms with E-state index in [4.69, 9.17) is 0 Å². The molecule has 18 heavy (non-hydrogen) atoms. The highest BCUT2D eigenvalue weighted by molar-refractivity contribution is 9.09. The van der Waals surface area contributed by atoms with E-state index in [1.807, 2.05) is 4.90 Å².